The molecule has 0 aromatic heterocycles. The van der Waals surface area contributed by atoms with Crippen LogP contribution in [0.25, 0.3) is 5.76 Å². The van der Waals surface area contributed by atoms with Gasteiger partial charge in [-0.1, -0.05) is 18.2 Å². The maximum atomic E-state index is 14.5. The fraction of sp³-hybridized carbons (Fsp3) is 0.355. The van der Waals surface area contributed by atoms with E-state index >= 15 is 0 Å². The molecule has 7 N–H and O–H groups in total. The summed E-state index contributed by atoms with van der Waals surface area (Å²) in [5.74, 6) is -7.25. The topological polar surface area (TPSA) is 194 Å². The number of ketones is 2. The number of carbonyl (C=O) groups is 4. The first kappa shape index (κ1) is 29.8. The van der Waals surface area contributed by atoms with Gasteiger partial charge in [-0.15, -0.1) is 0 Å². The number of amides is 2. The van der Waals surface area contributed by atoms with E-state index < -0.39 is 63.4 Å². The summed E-state index contributed by atoms with van der Waals surface area (Å²) < 4.78 is 0. The highest BCUT2D eigenvalue weighted by Crippen LogP contribution is 2.58. The van der Waals surface area contributed by atoms with Gasteiger partial charge in [-0.05, 0) is 56.8 Å². The summed E-state index contributed by atoms with van der Waals surface area (Å²) in [6, 6.07) is 10.1. The molecule has 0 saturated heterocycles. The number of nitrogens with two attached hydrogens (primary N) is 1. The summed E-state index contributed by atoms with van der Waals surface area (Å²) >= 11 is 0. The molecule has 2 aromatic carbocycles. The predicted octanol–water partition coefficient (Wildman–Crippen LogP) is 0.830. The number of aliphatic hydroxyl groups excluding tert-OH is 2. The minimum Gasteiger partial charge on any atom is -0.508 e. The molecule has 1 fully saturated rings. The van der Waals surface area contributed by atoms with Gasteiger partial charge in [0.05, 0.1) is 11.6 Å². The van der Waals surface area contributed by atoms with Crippen LogP contribution in [0.15, 0.2) is 59.4 Å². The Bertz CT molecular complexity index is 1630. The third-order valence-electron chi connectivity index (χ3n) is 8.91. The number of anilines is 1. The Morgan fingerprint density at radius 3 is 2.26 bits per heavy atom. The first-order valence-electron chi connectivity index (χ1n) is 13.7. The van der Waals surface area contributed by atoms with Crippen molar-refractivity contribution in [2.24, 2.45) is 17.1 Å². The van der Waals surface area contributed by atoms with E-state index in [9.17, 15) is 39.6 Å². The number of nitrogens with zero attached hydrogens (tertiary/aromatic N) is 2. The van der Waals surface area contributed by atoms with Crippen molar-refractivity contribution in [1.82, 2.24) is 10.2 Å². The van der Waals surface area contributed by atoms with Crippen LogP contribution in [0.1, 0.15) is 27.9 Å². The predicted molar refractivity (Wildman–Crippen MR) is 156 cm³/mol. The molecule has 3 aliphatic carbocycles. The monoisotopic (exact) mass is 590 g/mol. The first-order chi connectivity index (χ1) is 20.2. The molecule has 226 valence electrons. The summed E-state index contributed by atoms with van der Waals surface area (Å²) in [5, 5.41) is 48.6. The number of primary amides is 1. The van der Waals surface area contributed by atoms with Gasteiger partial charge < -0.3 is 36.4 Å². The molecule has 12 heteroatoms. The number of phenolic OH excluding ortho intramolecular Hbond substituents is 1. The van der Waals surface area contributed by atoms with E-state index in [2.05, 4.69) is 5.32 Å². The Labute approximate surface area is 247 Å². The van der Waals surface area contributed by atoms with Crippen LogP contribution in [0.3, 0.4) is 0 Å². The van der Waals surface area contributed by atoms with Crippen molar-refractivity contribution in [3.05, 3.63) is 76.1 Å². The molecule has 5 rings (SSSR count). The number of benzene rings is 2. The maximum Gasteiger partial charge on any atom is 0.255 e. The van der Waals surface area contributed by atoms with E-state index in [1.54, 1.807) is 55.4 Å². The number of aliphatic hydroxyl groups is 3. The number of likely N-dealkylation sites (N-methyl/N-ethyl adjacent to an activating group) is 1. The van der Waals surface area contributed by atoms with E-state index in [4.69, 9.17) is 5.73 Å². The average Bonchev–Trinajstić information content (AvgIpc) is 2.93. The molecule has 2 aromatic rings. The molecule has 43 heavy (non-hydrogen) atoms. The van der Waals surface area contributed by atoms with Crippen molar-refractivity contribution in [2.45, 2.75) is 24.5 Å². The van der Waals surface area contributed by atoms with E-state index in [1.165, 1.54) is 25.1 Å². The lowest BCUT2D eigenvalue weighted by Gasteiger charge is -2.55. The van der Waals surface area contributed by atoms with Crippen molar-refractivity contribution < 1.29 is 39.6 Å². The molecule has 0 spiro atoms. The van der Waals surface area contributed by atoms with Crippen LogP contribution in [-0.2, 0) is 20.8 Å². The van der Waals surface area contributed by atoms with Crippen molar-refractivity contribution in [2.75, 3.05) is 39.6 Å². The van der Waals surface area contributed by atoms with Crippen molar-refractivity contribution in [3.63, 3.8) is 0 Å². The Hall–Kier alpha value is -4.68. The second-order valence-corrected chi connectivity index (χ2v) is 11.8. The van der Waals surface area contributed by atoms with Crippen LogP contribution < -0.4 is 16.0 Å². The third kappa shape index (κ3) is 4.28. The zero-order valence-corrected chi connectivity index (χ0v) is 24.2. The normalized spacial score (nSPS) is 26.6. The van der Waals surface area contributed by atoms with Gasteiger partial charge in [0.25, 0.3) is 11.8 Å². The SMILES string of the molecule is CN(C)c1ccc(O)c2c1C[C@@]1(CNC(=O)c3ccccc3)C[C@H]3[C@H](N(C)C)C(=O)C(C(N)=O)=C(O)[C@@]3(O)C(=O)C1=C2O. The van der Waals surface area contributed by atoms with Gasteiger partial charge in [0.15, 0.2) is 11.4 Å². The lowest BCUT2D eigenvalue weighted by molar-refractivity contribution is -0.157. The summed E-state index contributed by atoms with van der Waals surface area (Å²) in [7, 11) is 6.60. The number of carbonyl (C=O) groups excluding carboxylic acids is 4. The van der Waals surface area contributed by atoms with Crippen molar-refractivity contribution >= 4 is 34.8 Å². The second kappa shape index (κ2) is 10.2. The number of fused-ring (bicyclic) bond motifs is 3. The Morgan fingerprint density at radius 2 is 1.67 bits per heavy atom. The van der Waals surface area contributed by atoms with Gasteiger partial charge >= 0.3 is 0 Å². The van der Waals surface area contributed by atoms with Gasteiger partial charge in [0.2, 0.25) is 5.78 Å². The van der Waals surface area contributed by atoms with Gasteiger partial charge in [0, 0.05) is 48.8 Å². The molecule has 0 heterocycles. The standard InChI is InChI=1S/C31H34N4O8/c1-34(2)18-10-11-19(36)20-16(18)12-30(14-33-29(42)15-8-6-5-7-9-15)13-17-23(35(3)4)25(38)21(28(32)41)26(39)31(17,43)27(40)22(30)24(20)37/h5-11,17,23,36-37,39,43H,12-14H2,1-4H3,(H2,32,41)(H,33,42)/t17-,23-,30-,31+/m0/s1. The summed E-state index contributed by atoms with van der Waals surface area (Å²) in [4.78, 5) is 56.7. The van der Waals surface area contributed by atoms with Crippen molar-refractivity contribution in [1.29, 1.82) is 0 Å². The number of phenols is 1. The van der Waals surface area contributed by atoms with Crippen LogP contribution in [0, 0.1) is 11.3 Å². The maximum absolute atomic E-state index is 14.5. The number of aromatic hydroxyl groups is 1. The molecule has 1 saturated carbocycles. The summed E-state index contributed by atoms with van der Waals surface area (Å²) in [6.45, 7) is -0.206. The van der Waals surface area contributed by atoms with Crippen molar-refractivity contribution in [3.8, 4) is 5.75 Å². The molecule has 0 unspecified atom stereocenters. The first-order valence-corrected chi connectivity index (χ1v) is 13.7. The largest absolute Gasteiger partial charge is 0.508 e. The minimum atomic E-state index is -2.81. The number of rotatable bonds is 6. The van der Waals surface area contributed by atoms with E-state index in [1.807, 2.05) is 0 Å². The highest BCUT2D eigenvalue weighted by atomic mass is 16.3. The lowest BCUT2D eigenvalue weighted by atomic mass is 9.51. The minimum absolute atomic E-state index is 0.0124. The number of hydrogen-bond donors (Lipinski definition) is 6. The third-order valence-corrected chi connectivity index (χ3v) is 8.91. The van der Waals surface area contributed by atoms with Crippen LogP contribution >= 0.6 is 0 Å². The fourth-order valence-corrected chi connectivity index (χ4v) is 7.00. The zero-order chi connectivity index (χ0) is 31.6. The van der Waals surface area contributed by atoms with Gasteiger partial charge in [-0.2, -0.15) is 0 Å². The molecule has 3 aliphatic rings. The number of hydrogen-bond acceptors (Lipinski definition) is 10. The fourth-order valence-electron chi connectivity index (χ4n) is 7.00. The van der Waals surface area contributed by atoms with Crippen LogP contribution in [0.2, 0.25) is 0 Å². The van der Waals surface area contributed by atoms with E-state index in [0.29, 0.717) is 16.8 Å². The molecular weight excluding hydrogens is 556 g/mol. The Kier molecular flexibility index (Phi) is 7.10. The molecule has 0 radical (unpaired) electrons. The molecule has 4 atom stereocenters. The second-order valence-electron chi connectivity index (χ2n) is 11.8. The van der Waals surface area contributed by atoms with Crippen LogP contribution in [-0.4, -0.2) is 95.1 Å². The lowest BCUT2D eigenvalue weighted by Crippen LogP contribution is -2.68. The molecule has 12 nitrogen and oxygen atoms in total. The van der Waals surface area contributed by atoms with Gasteiger partial charge in [-0.3, -0.25) is 24.1 Å². The molecule has 2 amide bonds. The number of nitrogens with one attached hydrogen (secondary N) is 1. The molecular formula is C31H34N4O8. The summed E-state index contributed by atoms with van der Waals surface area (Å²) in [5.41, 5.74) is 1.39. The zero-order valence-electron chi connectivity index (χ0n) is 24.2. The smallest absolute Gasteiger partial charge is 0.255 e. The molecule has 0 bridgehead atoms. The van der Waals surface area contributed by atoms with E-state index in [-0.39, 0.29) is 36.3 Å². The van der Waals surface area contributed by atoms with E-state index in [0.717, 1.165) is 0 Å². The highest BCUT2D eigenvalue weighted by Gasteiger charge is 2.67. The average molecular weight is 591 g/mol. The van der Waals surface area contributed by atoms with Gasteiger partial charge in [-0.25, -0.2) is 0 Å². The highest BCUT2D eigenvalue weighted by molar-refractivity contribution is 6.24. The van der Waals surface area contributed by atoms with Crippen LogP contribution in [0.5, 0.6) is 5.75 Å². The van der Waals surface area contributed by atoms with Gasteiger partial charge in [0.1, 0.15) is 22.8 Å². The van der Waals surface area contributed by atoms with Crippen LogP contribution in [0.4, 0.5) is 5.69 Å². The Morgan fingerprint density at radius 1 is 1.02 bits per heavy atom. The molecule has 0 aliphatic heterocycles. The summed E-state index contributed by atoms with van der Waals surface area (Å²) in [6.07, 6.45) is -0.172. The number of Topliss-reactive ketones (excluding diaryl/α,β-unsaturated/α-hetero) is 2. The quantitative estimate of drug-likeness (QED) is 0.263. The Balaban J connectivity index is 1.78.